The normalized spacial score (nSPS) is 10.6. The summed E-state index contributed by atoms with van der Waals surface area (Å²) in [5.41, 5.74) is 0.132. The summed E-state index contributed by atoms with van der Waals surface area (Å²) in [4.78, 5) is 12.9. The number of nitrogens with one attached hydrogen (secondary N) is 1. The van der Waals surface area contributed by atoms with Gasteiger partial charge in [-0.2, -0.15) is 0 Å². The molecule has 0 unspecified atom stereocenters. The number of alkyl halides is 2. The Bertz CT molecular complexity index is 438. The van der Waals surface area contributed by atoms with Crippen LogP contribution in [0.25, 0.3) is 0 Å². The summed E-state index contributed by atoms with van der Waals surface area (Å²) in [7, 11) is 1.27. The molecule has 106 valence electrons. The third kappa shape index (κ3) is 4.15. The van der Waals surface area contributed by atoms with Gasteiger partial charge in [-0.3, -0.25) is 4.79 Å². The predicted molar refractivity (Wildman–Crippen MR) is 68.1 cm³/mol. The fraction of sp³-hybridized carbons (Fsp3) is 0.462. The summed E-state index contributed by atoms with van der Waals surface area (Å²) < 4.78 is 38.2. The molecule has 0 atom stereocenters. The van der Waals surface area contributed by atoms with E-state index < -0.39 is 24.7 Å². The molecule has 0 radical (unpaired) electrons. The van der Waals surface area contributed by atoms with E-state index >= 15 is 0 Å². The Morgan fingerprint density at radius 2 is 2.11 bits per heavy atom. The molecule has 3 nitrogen and oxygen atoms in total. The molecule has 0 fully saturated rings. The number of carbonyl (C=O) groups excluding carboxylic acids is 1. The highest BCUT2D eigenvalue weighted by Crippen LogP contribution is 2.21. The van der Waals surface area contributed by atoms with Crippen molar-refractivity contribution in [1.82, 2.24) is 4.90 Å². The SMILES string of the molecule is CCCNc1c(F)cccc1C(=O)N(C)CC(F)F. The van der Waals surface area contributed by atoms with E-state index in [1.807, 2.05) is 6.92 Å². The van der Waals surface area contributed by atoms with Crippen molar-refractivity contribution in [2.24, 2.45) is 0 Å². The van der Waals surface area contributed by atoms with E-state index in [2.05, 4.69) is 5.32 Å². The van der Waals surface area contributed by atoms with Crippen molar-refractivity contribution in [3.63, 3.8) is 0 Å². The van der Waals surface area contributed by atoms with Crippen molar-refractivity contribution in [1.29, 1.82) is 0 Å². The second-order valence-electron chi connectivity index (χ2n) is 4.17. The fourth-order valence-corrected chi connectivity index (χ4v) is 1.63. The van der Waals surface area contributed by atoms with E-state index in [9.17, 15) is 18.0 Å². The van der Waals surface area contributed by atoms with Crippen molar-refractivity contribution < 1.29 is 18.0 Å². The van der Waals surface area contributed by atoms with Crippen LogP contribution in [0.5, 0.6) is 0 Å². The summed E-state index contributed by atoms with van der Waals surface area (Å²) in [5, 5.41) is 2.81. The molecular weight excluding hydrogens is 257 g/mol. The first-order valence-electron chi connectivity index (χ1n) is 6.03. The van der Waals surface area contributed by atoms with Crippen LogP contribution in [0.4, 0.5) is 18.9 Å². The Labute approximate surface area is 110 Å². The number of amides is 1. The lowest BCUT2D eigenvalue weighted by atomic mass is 10.1. The number of benzene rings is 1. The fourth-order valence-electron chi connectivity index (χ4n) is 1.63. The minimum absolute atomic E-state index is 0.0652. The van der Waals surface area contributed by atoms with E-state index in [4.69, 9.17) is 0 Å². The number of nitrogens with zero attached hydrogens (tertiary/aromatic N) is 1. The van der Waals surface area contributed by atoms with Crippen molar-refractivity contribution in [2.45, 2.75) is 19.8 Å². The van der Waals surface area contributed by atoms with Crippen molar-refractivity contribution in [3.8, 4) is 0 Å². The van der Waals surface area contributed by atoms with Gasteiger partial charge in [0.1, 0.15) is 5.82 Å². The lowest BCUT2D eigenvalue weighted by Crippen LogP contribution is -2.32. The quantitative estimate of drug-likeness (QED) is 0.865. The van der Waals surface area contributed by atoms with Crippen LogP contribution < -0.4 is 5.32 Å². The number of hydrogen-bond acceptors (Lipinski definition) is 2. The van der Waals surface area contributed by atoms with Gasteiger partial charge in [0.25, 0.3) is 12.3 Å². The van der Waals surface area contributed by atoms with Crippen LogP contribution in [0.3, 0.4) is 0 Å². The number of anilines is 1. The van der Waals surface area contributed by atoms with Gasteiger partial charge in [0.2, 0.25) is 0 Å². The van der Waals surface area contributed by atoms with Gasteiger partial charge in [0, 0.05) is 13.6 Å². The molecule has 1 aromatic carbocycles. The van der Waals surface area contributed by atoms with Gasteiger partial charge < -0.3 is 10.2 Å². The first-order chi connectivity index (χ1) is 8.97. The molecule has 0 spiro atoms. The third-order valence-corrected chi connectivity index (χ3v) is 2.55. The Balaban J connectivity index is 2.98. The summed E-state index contributed by atoms with van der Waals surface area (Å²) in [6, 6.07) is 4.03. The summed E-state index contributed by atoms with van der Waals surface area (Å²) in [6.07, 6.45) is -1.86. The molecule has 0 heterocycles. The molecule has 0 aromatic heterocycles. The zero-order valence-electron chi connectivity index (χ0n) is 10.9. The number of halogens is 3. The van der Waals surface area contributed by atoms with Crippen molar-refractivity contribution in [2.75, 3.05) is 25.5 Å². The smallest absolute Gasteiger partial charge is 0.255 e. The average Bonchev–Trinajstić information content (AvgIpc) is 2.35. The molecule has 0 aliphatic heterocycles. The van der Waals surface area contributed by atoms with Crippen LogP contribution in [-0.4, -0.2) is 37.4 Å². The Kier molecular flexibility index (Phi) is 5.66. The van der Waals surface area contributed by atoms with Gasteiger partial charge in [-0.1, -0.05) is 13.0 Å². The molecule has 1 amide bonds. The Morgan fingerprint density at radius 1 is 1.42 bits per heavy atom. The minimum Gasteiger partial charge on any atom is -0.382 e. The maximum Gasteiger partial charge on any atom is 0.255 e. The molecule has 1 N–H and O–H groups in total. The predicted octanol–water partition coefficient (Wildman–Crippen LogP) is 2.98. The van der Waals surface area contributed by atoms with Gasteiger partial charge in [-0.05, 0) is 18.6 Å². The number of rotatable bonds is 6. The van der Waals surface area contributed by atoms with Gasteiger partial charge in [-0.25, -0.2) is 13.2 Å². The van der Waals surface area contributed by atoms with E-state index in [0.29, 0.717) is 6.54 Å². The van der Waals surface area contributed by atoms with E-state index in [0.717, 1.165) is 11.3 Å². The van der Waals surface area contributed by atoms with Gasteiger partial charge in [0.05, 0.1) is 17.8 Å². The molecular formula is C13H17F3N2O. The minimum atomic E-state index is -2.62. The maximum atomic E-state index is 13.7. The average molecular weight is 274 g/mol. The highest BCUT2D eigenvalue weighted by atomic mass is 19.3. The standard InChI is InChI=1S/C13H17F3N2O/c1-3-7-17-12-9(5-4-6-10(12)14)13(19)18(2)8-11(15)16/h4-6,11,17H,3,7-8H2,1-2H3. The molecule has 0 saturated heterocycles. The molecule has 0 aliphatic carbocycles. The summed E-state index contributed by atoms with van der Waals surface area (Å²) >= 11 is 0. The highest BCUT2D eigenvalue weighted by Gasteiger charge is 2.20. The van der Waals surface area contributed by atoms with Crippen LogP contribution in [0.2, 0.25) is 0 Å². The third-order valence-electron chi connectivity index (χ3n) is 2.55. The Morgan fingerprint density at radius 3 is 2.68 bits per heavy atom. The Hall–Kier alpha value is -1.72. The largest absolute Gasteiger partial charge is 0.382 e. The molecule has 0 saturated carbocycles. The van der Waals surface area contributed by atoms with Crippen molar-refractivity contribution in [3.05, 3.63) is 29.6 Å². The second-order valence-corrected chi connectivity index (χ2v) is 4.17. The second kappa shape index (κ2) is 7.01. The number of para-hydroxylation sites is 1. The first kappa shape index (κ1) is 15.3. The molecule has 0 bridgehead atoms. The zero-order valence-corrected chi connectivity index (χ0v) is 10.9. The van der Waals surface area contributed by atoms with Crippen LogP contribution in [0.1, 0.15) is 23.7 Å². The molecule has 6 heteroatoms. The number of hydrogen-bond donors (Lipinski definition) is 1. The summed E-state index contributed by atoms with van der Waals surface area (Å²) in [5.74, 6) is -1.19. The van der Waals surface area contributed by atoms with Gasteiger partial charge in [-0.15, -0.1) is 0 Å². The monoisotopic (exact) mass is 274 g/mol. The molecule has 0 aliphatic rings. The van der Waals surface area contributed by atoms with E-state index in [1.54, 1.807) is 0 Å². The van der Waals surface area contributed by atoms with E-state index in [-0.39, 0.29) is 11.3 Å². The topological polar surface area (TPSA) is 32.3 Å². The van der Waals surface area contributed by atoms with Crippen molar-refractivity contribution >= 4 is 11.6 Å². The van der Waals surface area contributed by atoms with E-state index in [1.165, 1.54) is 25.2 Å². The highest BCUT2D eigenvalue weighted by molar-refractivity contribution is 5.99. The van der Waals surface area contributed by atoms with Gasteiger partial charge >= 0.3 is 0 Å². The summed E-state index contributed by atoms with van der Waals surface area (Å²) in [6.45, 7) is 1.72. The molecule has 1 aromatic rings. The first-order valence-corrected chi connectivity index (χ1v) is 6.03. The van der Waals surface area contributed by atoms with Gasteiger partial charge in [0.15, 0.2) is 0 Å². The maximum absolute atomic E-state index is 13.7. The lowest BCUT2D eigenvalue weighted by molar-refractivity contribution is 0.0621. The lowest BCUT2D eigenvalue weighted by Gasteiger charge is -2.19. The van der Waals surface area contributed by atoms with Crippen LogP contribution in [-0.2, 0) is 0 Å². The zero-order chi connectivity index (χ0) is 14.4. The van der Waals surface area contributed by atoms with Crippen LogP contribution in [0.15, 0.2) is 18.2 Å². The van der Waals surface area contributed by atoms with Crippen LogP contribution >= 0.6 is 0 Å². The molecule has 1 rings (SSSR count). The van der Waals surface area contributed by atoms with Crippen LogP contribution in [0, 0.1) is 5.82 Å². The molecule has 19 heavy (non-hydrogen) atoms. The number of carbonyl (C=O) groups is 1.